The first kappa shape index (κ1) is 19.5. The lowest BCUT2D eigenvalue weighted by atomic mass is 9.96. The van der Waals surface area contributed by atoms with E-state index in [2.05, 4.69) is 34.6 Å². The molecule has 144 valence electrons. The van der Waals surface area contributed by atoms with Gasteiger partial charge in [0.15, 0.2) is 5.96 Å². The molecule has 1 saturated carbocycles. The summed E-state index contributed by atoms with van der Waals surface area (Å²) in [6.45, 7) is 9.71. The van der Waals surface area contributed by atoms with E-state index in [0.29, 0.717) is 0 Å². The molecule has 6 heteroatoms. The van der Waals surface area contributed by atoms with E-state index in [1.54, 1.807) is 0 Å². The number of hydrogen-bond acceptors (Lipinski definition) is 3. The highest BCUT2D eigenvalue weighted by Crippen LogP contribution is 2.48. The van der Waals surface area contributed by atoms with Crippen molar-refractivity contribution in [2.24, 2.45) is 4.99 Å². The number of ether oxygens (including phenoxy) is 1. The van der Waals surface area contributed by atoms with Crippen LogP contribution in [0.5, 0.6) is 0 Å². The molecule has 5 nitrogen and oxygen atoms in total. The summed E-state index contributed by atoms with van der Waals surface area (Å²) in [6.07, 6.45) is 3.52. The zero-order valence-corrected chi connectivity index (χ0v) is 16.5. The van der Waals surface area contributed by atoms with Gasteiger partial charge in [-0.2, -0.15) is 0 Å². The van der Waals surface area contributed by atoms with Crippen molar-refractivity contribution in [2.75, 3.05) is 52.5 Å². The summed E-state index contributed by atoms with van der Waals surface area (Å²) in [4.78, 5) is 7.33. The number of hydrogen-bond donors (Lipinski definition) is 2. The molecule has 1 heterocycles. The number of rotatable bonds is 8. The van der Waals surface area contributed by atoms with Gasteiger partial charge in [0.1, 0.15) is 0 Å². The van der Waals surface area contributed by atoms with Crippen molar-refractivity contribution in [3.05, 3.63) is 34.9 Å². The molecule has 0 radical (unpaired) electrons. The van der Waals surface area contributed by atoms with Gasteiger partial charge in [-0.1, -0.05) is 23.7 Å². The molecule has 0 spiro atoms. The van der Waals surface area contributed by atoms with Crippen LogP contribution in [0.3, 0.4) is 0 Å². The molecule has 2 aliphatic rings. The molecule has 1 aromatic rings. The molecule has 0 atom stereocenters. The van der Waals surface area contributed by atoms with Gasteiger partial charge in [0.25, 0.3) is 0 Å². The van der Waals surface area contributed by atoms with Gasteiger partial charge in [-0.15, -0.1) is 0 Å². The van der Waals surface area contributed by atoms with Crippen molar-refractivity contribution in [1.82, 2.24) is 15.5 Å². The molecule has 1 saturated heterocycles. The van der Waals surface area contributed by atoms with E-state index >= 15 is 0 Å². The van der Waals surface area contributed by atoms with E-state index < -0.39 is 0 Å². The van der Waals surface area contributed by atoms with Crippen molar-refractivity contribution >= 4 is 17.6 Å². The van der Waals surface area contributed by atoms with Gasteiger partial charge in [0.2, 0.25) is 0 Å². The lowest BCUT2D eigenvalue weighted by Crippen LogP contribution is -2.41. The van der Waals surface area contributed by atoms with E-state index in [4.69, 9.17) is 21.3 Å². The predicted molar refractivity (Wildman–Crippen MR) is 108 cm³/mol. The van der Waals surface area contributed by atoms with E-state index in [1.165, 1.54) is 18.4 Å². The first-order valence-corrected chi connectivity index (χ1v) is 10.2. The van der Waals surface area contributed by atoms with Crippen LogP contribution >= 0.6 is 11.6 Å². The third-order valence-electron chi connectivity index (χ3n) is 5.24. The summed E-state index contributed by atoms with van der Waals surface area (Å²) >= 11 is 6.02. The molecule has 1 aromatic carbocycles. The lowest BCUT2D eigenvalue weighted by Gasteiger charge is -2.26. The third kappa shape index (κ3) is 5.60. The number of halogens is 1. The summed E-state index contributed by atoms with van der Waals surface area (Å²) in [5, 5.41) is 7.64. The molecule has 0 aromatic heterocycles. The standard InChI is InChI=1S/C20H31ClN4O/c1-2-22-19(23-10-3-11-25-12-14-26-15-13-25)24-16-20(8-9-20)17-4-6-18(21)7-5-17/h4-7H,2-3,8-16H2,1H3,(H2,22,23,24). The Morgan fingerprint density at radius 3 is 2.58 bits per heavy atom. The highest BCUT2D eigenvalue weighted by Gasteiger charge is 2.44. The van der Waals surface area contributed by atoms with Crippen molar-refractivity contribution < 1.29 is 4.74 Å². The Bertz CT molecular complexity index is 580. The zero-order valence-electron chi connectivity index (χ0n) is 15.8. The first-order valence-electron chi connectivity index (χ1n) is 9.80. The Balaban J connectivity index is 1.46. The molecule has 1 aliphatic carbocycles. The minimum absolute atomic E-state index is 0.209. The van der Waals surface area contributed by atoms with Crippen LogP contribution in [0.1, 0.15) is 31.7 Å². The number of aliphatic imine (C=N–C) groups is 1. The van der Waals surface area contributed by atoms with Gasteiger partial charge in [0, 0.05) is 36.6 Å². The van der Waals surface area contributed by atoms with Crippen molar-refractivity contribution in [1.29, 1.82) is 0 Å². The summed E-state index contributed by atoms with van der Waals surface area (Å²) in [7, 11) is 0. The minimum Gasteiger partial charge on any atom is -0.379 e. The highest BCUT2D eigenvalue weighted by molar-refractivity contribution is 6.30. The lowest BCUT2D eigenvalue weighted by molar-refractivity contribution is 0.0376. The molecular weight excluding hydrogens is 348 g/mol. The smallest absolute Gasteiger partial charge is 0.191 e. The Kier molecular flexibility index (Phi) is 7.17. The van der Waals surface area contributed by atoms with Gasteiger partial charge in [-0.25, -0.2) is 0 Å². The van der Waals surface area contributed by atoms with Crippen LogP contribution in [0.4, 0.5) is 0 Å². The molecular formula is C20H31ClN4O. The number of benzene rings is 1. The largest absolute Gasteiger partial charge is 0.379 e. The SMILES string of the molecule is CCNC(=NCC1(c2ccc(Cl)cc2)CC1)NCCCN1CCOCC1. The minimum atomic E-state index is 0.209. The van der Waals surface area contributed by atoms with Crippen LogP contribution in [0.15, 0.2) is 29.3 Å². The highest BCUT2D eigenvalue weighted by atomic mass is 35.5. The van der Waals surface area contributed by atoms with Crippen LogP contribution in [-0.2, 0) is 10.2 Å². The first-order chi connectivity index (χ1) is 12.7. The Morgan fingerprint density at radius 1 is 1.19 bits per heavy atom. The van der Waals surface area contributed by atoms with E-state index in [-0.39, 0.29) is 5.41 Å². The molecule has 0 unspecified atom stereocenters. The average molecular weight is 379 g/mol. The second-order valence-corrected chi connectivity index (χ2v) is 7.65. The summed E-state index contributed by atoms with van der Waals surface area (Å²) in [6, 6.07) is 8.26. The summed E-state index contributed by atoms with van der Waals surface area (Å²) in [5.74, 6) is 0.926. The fourth-order valence-corrected chi connectivity index (χ4v) is 3.52. The molecule has 0 bridgehead atoms. The van der Waals surface area contributed by atoms with E-state index in [1.807, 2.05) is 12.1 Å². The van der Waals surface area contributed by atoms with Crippen LogP contribution in [0.25, 0.3) is 0 Å². The van der Waals surface area contributed by atoms with Gasteiger partial charge >= 0.3 is 0 Å². The average Bonchev–Trinajstić information content (AvgIpc) is 3.46. The van der Waals surface area contributed by atoms with Gasteiger partial charge in [-0.3, -0.25) is 9.89 Å². The van der Waals surface area contributed by atoms with E-state index in [0.717, 1.165) is 69.9 Å². The molecule has 3 rings (SSSR count). The monoisotopic (exact) mass is 378 g/mol. The quantitative estimate of drug-likeness (QED) is 0.415. The third-order valence-corrected chi connectivity index (χ3v) is 5.49. The van der Waals surface area contributed by atoms with Gasteiger partial charge in [0.05, 0.1) is 19.8 Å². The maximum Gasteiger partial charge on any atom is 0.191 e. The zero-order chi connectivity index (χ0) is 18.2. The number of guanidine groups is 1. The topological polar surface area (TPSA) is 48.9 Å². The maximum absolute atomic E-state index is 6.02. The Hall–Kier alpha value is -1.30. The normalized spacial score (nSPS) is 20.0. The van der Waals surface area contributed by atoms with Gasteiger partial charge in [-0.05, 0) is 50.4 Å². The van der Waals surface area contributed by atoms with Crippen LogP contribution in [0, 0.1) is 0 Å². The summed E-state index contributed by atoms with van der Waals surface area (Å²) in [5.41, 5.74) is 1.56. The maximum atomic E-state index is 6.02. The number of morpholine rings is 1. The molecule has 0 amide bonds. The second-order valence-electron chi connectivity index (χ2n) is 7.22. The second kappa shape index (κ2) is 9.58. The summed E-state index contributed by atoms with van der Waals surface area (Å²) < 4.78 is 5.40. The fraction of sp³-hybridized carbons (Fsp3) is 0.650. The van der Waals surface area contributed by atoms with Crippen molar-refractivity contribution in [3.8, 4) is 0 Å². The van der Waals surface area contributed by atoms with Crippen molar-refractivity contribution in [3.63, 3.8) is 0 Å². The van der Waals surface area contributed by atoms with Crippen molar-refractivity contribution in [2.45, 2.75) is 31.6 Å². The fourth-order valence-electron chi connectivity index (χ4n) is 3.40. The number of nitrogens with one attached hydrogen (secondary N) is 2. The predicted octanol–water partition coefficient (Wildman–Crippen LogP) is 2.65. The molecule has 1 aliphatic heterocycles. The van der Waals surface area contributed by atoms with Crippen LogP contribution in [0.2, 0.25) is 5.02 Å². The van der Waals surface area contributed by atoms with Crippen LogP contribution < -0.4 is 10.6 Å². The van der Waals surface area contributed by atoms with E-state index in [9.17, 15) is 0 Å². The molecule has 26 heavy (non-hydrogen) atoms. The Morgan fingerprint density at radius 2 is 1.92 bits per heavy atom. The number of nitrogens with zero attached hydrogens (tertiary/aromatic N) is 2. The van der Waals surface area contributed by atoms with Gasteiger partial charge < -0.3 is 15.4 Å². The van der Waals surface area contributed by atoms with Crippen LogP contribution in [-0.4, -0.2) is 63.3 Å². The Labute approximate surface area is 162 Å². The molecule has 2 N–H and O–H groups in total. The molecule has 2 fully saturated rings.